The molecule has 27 heavy (non-hydrogen) atoms. The molecule has 0 amide bonds. The van der Waals surface area contributed by atoms with E-state index in [1.807, 2.05) is 78.9 Å². The normalized spacial score (nSPS) is 11.1. The molecule has 3 rings (SSSR count). The maximum Gasteiger partial charge on any atom is 0.142 e. The van der Waals surface area contributed by atoms with Crippen molar-refractivity contribution in [2.24, 2.45) is 5.16 Å². The van der Waals surface area contributed by atoms with Crippen molar-refractivity contribution in [3.63, 3.8) is 0 Å². The van der Waals surface area contributed by atoms with E-state index in [1.165, 1.54) is 0 Å². The van der Waals surface area contributed by atoms with Crippen LogP contribution in [0.1, 0.15) is 16.7 Å². The third-order valence-electron chi connectivity index (χ3n) is 4.20. The van der Waals surface area contributed by atoms with Crippen LogP contribution in [0.15, 0.2) is 84.0 Å². The van der Waals surface area contributed by atoms with E-state index in [2.05, 4.69) is 5.16 Å². The maximum absolute atomic E-state index is 5.64. The van der Waals surface area contributed by atoms with Gasteiger partial charge in [-0.05, 0) is 53.1 Å². The Morgan fingerprint density at radius 3 is 1.89 bits per heavy atom. The van der Waals surface area contributed by atoms with Crippen LogP contribution in [0.25, 0.3) is 0 Å². The van der Waals surface area contributed by atoms with E-state index in [0.717, 1.165) is 33.9 Å². The average Bonchev–Trinajstić information content (AvgIpc) is 2.74. The number of oxime groups is 1. The zero-order chi connectivity index (χ0) is 18.9. The molecule has 0 aliphatic carbocycles. The fraction of sp³-hybridized carbons (Fsp3) is 0.174. The lowest BCUT2D eigenvalue weighted by molar-refractivity contribution is 0.130. The second kappa shape index (κ2) is 9.43. The highest BCUT2D eigenvalue weighted by molar-refractivity contribution is 6.01. The predicted octanol–water partition coefficient (Wildman–Crippen LogP) is 4.87. The second-order valence-corrected chi connectivity index (χ2v) is 6.05. The summed E-state index contributed by atoms with van der Waals surface area (Å²) in [5, 5.41) is 4.43. The SMILES string of the molecule is COc1ccc(CC(=NOCc2ccccc2)c2ccc(OC)cc2)cc1. The molecule has 0 N–H and O–H groups in total. The number of rotatable bonds is 8. The van der Waals surface area contributed by atoms with Crippen LogP contribution in [0, 0.1) is 0 Å². The van der Waals surface area contributed by atoms with Gasteiger partial charge < -0.3 is 14.3 Å². The number of hydrogen-bond donors (Lipinski definition) is 0. The molecule has 0 saturated carbocycles. The van der Waals surface area contributed by atoms with Crippen LogP contribution in [-0.2, 0) is 17.9 Å². The highest BCUT2D eigenvalue weighted by Gasteiger charge is 2.08. The van der Waals surface area contributed by atoms with Crippen molar-refractivity contribution in [2.45, 2.75) is 13.0 Å². The number of hydrogen-bond acceptors (Lipinski definition) is 4. The number of ether oxygens (including phenoxy) is 2. The summed E-state index contributed by atoms with van der Waals surface area (Å²) in [6.45, 7) is 0.434. The Hall–Kier alpha value is -3.27. The van der Waals surface area contributed by atoms with E-state index in [-0.39, 0.29) is 0 Å². The monoisotopic (exact) mass is 361 g/mol. The lowest BCUT2D eigenvalue weighted by Gasteiger charge is -2.09. The average molecular weight is 361 g/mol. The van der Waals surface area contributed by atoms with E-state index in [0.29, 0.717) is 13.0 Å². The largest absolute Gasteiger partial charge is 0.497 e. The smallest absolute Gasteiger partial charge is 0.142 e. The van der Waals surface area contributed by atoms with Crippen molar-refractivity contribution in [3.05, 3.63) is 95.6 Å². The topological polar surface area (TPSA) is 40.0 Å². The standard InChI is InChI=1S/C23H23NO3/c1-25-21-12-8-18(9-13-21)16-23(20-10-14-22(26-2)15-11-20)24-27-17-19-6-4-3-5-7-19/h3-15H,16-17H2,1-2H3. The summed E-state index contributed by atoms with van der Waals surface area (Å²) >= 11 is 0. The molecule has 0 radical (unpaired) electrons. The fourth-order valence-electron chi connectivity index (χ4n) is 2.67. The van der Waals surface area contributed by atoms with Crippen molar-refractivity contribution < 1.29 is 14.3 Å². The summed E-state index contributed by atoms with van der Waals surface area (Å²) < 4.78 is 10.5. The zero-order valence-electron chi connectivity index (χ0n) is 15.6. The summed E-state index contributed by atoms with van der Waals surface area (Å²) in [5.41, 5.74) is 4.08. The zero-order valence-corrected chi connectivity index (χ0v) is 15.6. The molecule has 0 fully saturated rings. The maximum atomic E-state index is 5.64. The molecule has 3 aromatic carbocycles. The highest BCUT2D eigenvalue weighted by atomic mass is 16.6. The first-order chi connectivity index (χ1) is 13.3. The Morgan fingerprint density at radius 1 is 0.704 bits per heavy atom. The van der Waals surface area contributed by atoms with E-state index >= 15 is 0 Å². The highest BCUT2D eigenvalue weighted by Crippen LogP contribution is 2.17. The molecule has 0 heterocycles. The van der Waals surface area contributed by atoms with Crippen LogP contribution >= 0.6 is 0 Å². The molecule has 4 heteroatoms. The quantitative estimate of drug-likeness (QED) is 0.425. The van der Waals surface area contributed by atoms with Gasteiger partial charge in [-0.3, -0.25) is 0 Å². The predicted molar refractivity (Wildman–Crippen MR) is 107 cm³/mol. The molecule has 0 aliphatic heterocycles. The van der Waals surface area contributed by atoms with Gasteiger partial charge in [-0.25, -0.2) is 0 Å². The summed E-state index contributed by atoms with van der Waals surface area (Å²) in [6.07, 6.45) is 0.658. The van der Waals surface area contributed by atoms with E-state index < -0.39 is 0 Å². The summed E-state index contributed by atoms with van der Waals surface area (Å²) in [4.78, 5) is 5.64. The molecule has 0 bridgehead atoms. The fourth-order valence-corrected chi connectivity index (χ4v) is 2.67. The molecule has 0 unspecified atom stereocenters. The molecule has 0 spiro atoms. The third-order valence-corrected chi connectivity index (χ3v) is 4.20. The van der Waals surface area contributed by atoms with Gasteiger partial charge in [0.1, 0.15) is 18.1 Å². The molecule has 4 nitrogen and oxygen atoms in total. The van der Waals surface area contributed by atoms with Gasteiger partial charge in [0.15, 0.2) is 0 Å². The van der Waals surface area contributed by atoms with Crippen molar-refractivity contribution in [2.75, 3.05) is 14.2 Å². The Labute approximate surface area is 160 Å². The van der Waals surface area contributed by atoms with Crippen LogP contribution in [0.2, 0.25) is 0 Å². The van der Waals surface area contributed by atoms with Crippen LogP contribution in [0.5, 0.6) is 11.5 Å². The Balaban J connectivity index is 1.79. The number of nitrogens with zero attached hydrogens (tertiary/aromatic N) is 1. The van der Waals surface area contributed by atoms with Crippen molar-refractivity contribution in [1.82, 2.24) is 0 Å². The van der Waals surface area contributed by atoms with E-state index in [1.54, 1.807) is 14.2 Å². The molecule has 0 saturated heterocycles. The molecular weight excluding hydrogens is 338 g/mol. The van der Waals surface area contributed by atoms with Gasteiger partial charge in [-0.1, -0.05) is 47.6 Å². The van der Waals surface area contributed by atoms with Crippen LogP contribution in [0.4, 0.5) is 0 Å². The Bertz CT molecular complexity index is 856. The van der Waals surface area contributed by atoms with Crippen molar-refractivity contribution in [1.29, 1.82) is 0 Å². The summed E-state index contributed by atoms with van der Waals surface area (Å²) in [6, 6.07) is 25.8. The van der Waals surface area contributed by atoms with Crippen molar-refractivity contribution in [3.8, 4) is 11.5 Å². The summed E-state index contributed by atoms with van der Waals surface area (Å²) in [7, 11) is 3.32. The van der Waals surface area contributed by atoms with Crippen LogP contribution < -0.4 is 9.47 Å². The second-order valence-electron chi connectivity index (χ2n) is 6.05. The number of benzene rings is 3. The molecular formula is C23H23NO3. The van der Waals surface area contributed by atoms with Gasteiger partial charge in [0.05, 0.1) is 19.9 Å². The number of methoxy groups -OCH3 is 2. The van der Waals surface area contributed by atoms with Crippen LogP contribution in [-0.4, -0.2) is 19.9 Å². The van der Waals surface area contributed by atoms with Gasteiger partial charge in [0.2, 0.25) is 0 Å². The first kappa shape index (κ1) is 18.5. The van der Waals surface area contributed by atoms with Crippen molar-refractivity contribution >= 4 is 5.71 Å². The molecule has 0 aliphatic rings. The van der Waals surface area contributed by atoms with Gasteiger partial charge >= 0.3 is 0 Å². The minimum absolute atomic E-state index is 0.434. The molecule has 0 aromatic heterocycles. The third kappa shape index (κ3) is 5.35. The summed E-state index contributed by atoms with van der Waals surface area (Å²) in [5.74, 6) is 1.65. The minimum atomic E-state index is 0.434. The Kier molecular flexibility index (Phi) is 6.47. The van der Waals surface area contributed by atoms with Gasteiger partial charge in [-0.15, -0.1) is 0 Å². The molecule has 3 aromatic rings. The Morgan fingerprint density at radius 2 is 1.30 bits per heavy atom. The lowest BCUT2D eigenvalue weighted by Crippen LogP contribution is -2.07. The first-order valence-corrected chi connectivity index (χ1v) is 8.78. The van der Waals surface area contributed by atoms with Gasteiger partial charge in [-0.2, -0.15) is 0 Å². The van der Waals surface area contributed by atoms with E-state index in [4.69, 9.17) is 14.3 Å². The first-order valence-electron chi connectivity index (χ1n) is 8.78. The van der Waals surface area contributed by atoms with Gasteiger partial charge in [0.25, 0.3) is 0 Å². The van der Waals surface area contributed by atoms with E-state index in [9.17, 15) is 0 Å². The van der Waals surface area contributed by atoms with Crippen LogP contribution in [0.3, 0.4) is 0 Å². The molecule has 0 atom stereocenters. The minimum Gasteiger partial charge on any atom is -0.497 e. The van der Waals surface area contributed by atoms with Gasteiger partial charge in [0, 0.05) is 6.42 Å². The molecule has 138 valence electrons. The lowest BCUT2D eigenvalue weighted by atomic mass is 10.0.